The van der Waals surface area contributed by atoms with E-state index in [1.54, 1.807) is 12.1 Å². The van der Waals surface area contributed by atoms with E-state index in [2.05, 4.69) is 17.6 Å². The molecule has 0 atom stereocenters. The van der Waals surface area contributed by atoms with Crippen LogP contribution in [0.1, 0.15) is 33.2 Å². The van der Waals surface area contributed by atoms with Crippen molar-refractivity contribution in [1.82, 2.24) is 0 Å². The highest BCUT2D eigenvalue weighted by atomic mass is 32.1. The van der Waals surface area contributed by atoms with Crippen LogP contribution in [0.25, 0.3) is 0 Å². The minimum absolute atomic E-state index is 0.216. The quantitative estimate of drug-likeness (QED) is 0.613. The lowest BCUT2D eigenvalue weighted by molar-refractivity contribution is 0.0599. The second-order valence-electron chi connectivity index (χ2n) is 5.41. The molecule has 0 bridgehead atoms. The second-order valence-corrected chi connectivity index (χ2v) is 5.82. The molecule has 26 heavy (non-hydrogen) atoms. The molecule has 0 saturated heterocycles. The summed E-state index contributed by atoms with van der Waals surface area (Å²) in [6, 6.07) is 12.4. The predicted molar refractivity (Wildman–Crippen MR) is 105 cm³/mol. The van der Waals surface area contributed by atoms with Crippen LogP contribution in [0, 0.1) is 0 Å². The van der Waals surface area contributed by atoms with E-state index in [1.165, 1.54) is 25.8 Å². The Bertz CT molecular complexity index is 785. The molecule has 136 valence electrons. The van der Waals surface area contributed by atoms with Gasteiger partial charge in [0.25, 0.3) is 0 Å². The van der Waals surface area contributed by atoms with Gasteiger partial charge in [-0.05, 0) is 54.5 Å². The van der Waals surface area contributed by atoms with Crippen LogP contribution in [0.4, 0.5) is 11.4 Å². The van der Waals surface area contributed by atoms with Crippen molar-refractivity contribution in [2.24, 2.45) is 0 Å². The number of esters is 2. The number of rotatable bonds is 5. The maximum Gasteiger partial charge on any atom is 0.337 e. The largest absolute Gasteiger partial charge is 0.465 e. The van der Waals surface area contributed by atoms with Gasteiger partial charge in [0, 0.05) is 11.4 Å². The Morgan fingerprint density at radius 1 is 0.885 bits per heavy atom. The van der Waals surface area contributed by atoms with E-state index in [-0.39, 0.29) is 11.1 Å². The highest BCUT2D eigenvalue weighted by Gasteiger charge is 2.14. The highest BCUT2D eigenvalue weighted by molar-refractivity contribution is 7.80. The molecule has 0 spiro atoms. The van der Waals surface area contributed by atoms with E-state index in [1.807, 2.05) is 24.3 Å². The van der Waals surface area contributed by atoms with E-state index in [0.29, 0.717) is 10.8 Å². The molecule has 0 aromatic heterocycles. The number of ether oxygens (including phenoxy) is 2. The van der Waals surface area contributed by atoms with Crippen LogP contribution >= 0.6 is 12.2 Å². The Hall–Kier alpha value is -2.93. The number of methoxy groups -OCH3 is 2. The average Bonchev–Trinajstić information content (AvgIpc) is 2.66. The van der Waals surface area contributed by atoms with Crippen molar-refractivity contribution in [3.8, 4) is 0 Å². The third-order valence-corrected chi connectivity index (χ3v) is 3.86. The number of anilines is 2. The zero-order valence-corrected chi connectivity index (χ0v) is 15.6. The highest BCUT2D eigenvalue weighted by Crippen LogP contribution is 2.18. The van der Waals surface area contributed by atoms with Crippen LogP contribution in [0.5, 0.6) is 0 Å². The van der Waals surface area contributed by atoms with Crippen LogP contribution in [-0.4, -0.2) is 31.3 Å². The van der Waals surface area contributed by atoms with Crippen LogP contribution in [0.15, 0.2) is 42.5 Å². The fourth-order valence-electron chi connectivity index (χ4n) is 2.29. The van der Waals surface area contributed by atoms with Crippen LogP contribution in [0.3, 0.4) is 0 Å². The van der Waals surface area contributed by atoms with Gasteiger partial charge in [-0.1, -0.05) is 19.1 Å². The summed E-state index contributed by atoms with van der Waals surface area (Å²) in [5.74, 6) is -1.12. The lowest BCUT2D eigenvalue weighted by atomic mass is 10.1. The normalized spacial score (nSPS) is 9.96. The first-order valence-corrected chi connectivity index (χ1v) is 8.36. The third-order valence-electron chi connectivity index (χ3n) is 3.65. The van der Waals surface area contributed by atoms with Crippen LogP contribution in [-0.2, 0) is 15.9 Å². The molecule has 7 heteroatoms. The minimum atomic E-state index is -0.562. The molecule has 0 amide bonds. The molecule has 0 radical (unpaired) electrons. The molecule has 2 aromatic rings. The molecule has 0 fully saturated rings. The Morgan fingerprint density at radius 3 is 1.85 bits per heavy atom. The van der Waals surface area contributed by atoms with Gasteiger partial charge in [-0.3, -0.25) is 0 Å². The van der Waals surface area contributed by atoms with Gasteiger partial charge in [0.2, 0.25) is 0 Å². The maximum atomic E-state index is 11.8. The van der Waals surface area contributed by atoms with Gasteiger partial charge in [0.15, 0.2) is 5.11 Å². The number of nitrogens with one attached hydrogen (secondary N) is 2. The molecule has 6 nitrogen and oxygen atoms in total. The van der Waals surface area contributed by atoms with Gasteiger partial charge in [0.05, 0.1) is 25.3 Å². The number of hydrogen-bond donors (Lipinski definition) is 2. The number of aryl methyl sites for hydroxylation is 1. The van der Waals surface area contributed by atoms with Gasteiger partial charge in [-0.2, -0.15) is 0 Å². The van der Waals surface area contributed by atoms with Gasteiger partial charge < -0.3 is 20.1 Å². The summed E-state index contributed by atoms with van der Waals surface area (Å²) in [6.45, 7) is 2.09. The monoisotopic (exact) mass is 372 g/mol. The topological polar surface area (TPSA) is 76.7 Å². The van der Waals surface area contributed by atoms with Gasteiger partial charge in [-0.15, -0.1) is 0 Å². The second kappa shape index (κ2) is 8.96. The number of carbonyl (C=O) groups excluding carboxylic acids is 2. The Labute approximate surface area is 157 Å². The molecule has 0 heterocycles. The van der Waals surface area contributed by atoms with Crippen molar-refractivity contribution in [3.05, 3.63) is 59.2 Å². The molecule has 0 aliphatic carbocycles. The van der Waals surface area contributed by atoms with Crippen molar-refractivity contribution in [2.75, 3.05) is 24.9 Å². The van der Waals surface area contributed by atoms with Crippen molar-refractivity contribution in [3.63, 3.8) is 0 Å². The zero-order chi connectivity index (χ0) is 19.1. The molecule has 0 saturated carbocycles. The fraction of sp³-hybridized carbons (Fsp3) is 0.211. The summed E-state index contributed by atoms with van der Waals surface area (Å²) in [5.41, 5.74) is 2.96. The molecule has 0 aliphatic heterocycles. The molecule has 2 rings (SSSR count). The number of benzene rings is 2. The third kappa shape index (κ3) is 5.03. The Balaban J connectivity index is 2.19. The fourth-order valence-corrected chi connectivity index (χ4v) is 2.52. The van der Waals surface area contributed by atoms with Gasteiger partial charge in [0.1, 0.15) is 0 Å². The van der Waals surface area contributed by atoms with E-state index in [0.717, 1.165) is 12.1 Å². The molecule has 0 aliphatic rings. The van der Waals surface area contributed by atoms with E-state index >= 15 is 0 Å². The smallest absolute Gasteiger partial charge is 0.337 e. The number of hydrogen-bond acceptors (Lipinski definition) is 5. The molecular weight excluding hydrogens is 352 g/mol. The zero-order valence-electron chi connectivity index (χ0n) is 14.8. The minimum Gasteiger partial charge on any atom is -0.465 e. The first kappa shape index (κ1) is 19.4. The first-order chi connectivity index (χ1) is 12.5. The average molecular weight is 372 g/mol. The molecule has 2 aromatic carbocycles. The molecular formula is C19H20N2O4S. The standard InChI is InChI=1S/C19H20N2O4S/c1-4-12-5-7-15(8-6-12)20-19(26)21-16-10-13(17(22)24-2)9-14(11-16)18(23)25-3/h5-11H,4H2,1-3H3,(H2,20,21,26). The summed E-state index contributed by atoms with van der Waals surface area (Å²) in [5, 5.41) is 6.34. The Morgan fingerprint density at radius 2 is 1.38 bits per heavy atom. The number of carbonyl (C=O) groups is 2. The van der Waals surface area contributed by atoms with Gasteiger partial charge >= 0.3 is 11.9 Å². The summed E-state index contributed by atoms with van der Waals surface area (Å²) in [4.78, 5) is 23.6. The maximum absolute atomic E-state index is 11.8. The van der Waals surface area contributed by atoms with Crippen LogP contribution < -0.4 is 10.6 Å². The van der Waals surface area contributed by atoms with Crippen molar-refractivity contribution in [1.29, 1.82) is 0 Å². The van der Waals surface area contributed by atoms with Gasteiger partial charge in [-0.25, -0.2) is 9.59 Å². The SMILES string of the molecule is CCc1ccc(NC(=S)Nc2cc(C(=O)OC)cc(C(=O)OC)c2)cc1. The van der Waals surface area contributed by atoms with E-state index < -0.39 is 11.9 Å². The summed E-state index contributed by atoms with van der Waals surface area (Å²) < 4.78 is 9.43. The van der Waals surface area contributed by atoms with E-state index in [4.69, 9.17) is 21.7 Å². The number of thiocarbonyl (C=S) groups is 1. The first-order valence-electron chi connectivity index (χ1n) is 7.95. The van der Waals surface area contributed by atoms with E-state index in [9.17, 15) is 9.59 Å². The summed E-state index contributed by atoms with van der Waals surface area (Å²) in [6.07, 6.45) is 0.958. The van der Waals surface area contributed by atoms with Crippen molar-refractivity contribution < 1.29 is 19.1 Å². The molecule has 0 unspecified atom stereocenters. The van der Waals surface area contributed by atoms with Crippen molar-refractivity contribution >= 4 is 40.6 Å². The summed E-state index contributed by atoms with van der Waals surface area (Å²) in [7, 11) is 2.54. The molecule has 2 N–H and O–H groups in total. The summed E-state index contributed by atoms with van der Waals surface area (Å²) >= 11 is 5.30. The predicted octanol–water partition coefficient (Wildman–Crippen LogP) is 3.63. The lowest BCUT2D eigenvalue weighted by Crippen LogP contribution is -2.20. The Kier molecular flexibility index (Phi) is 6.68. The van der Waals surface area contributed by atoms with Crippen molar-refractivity contribution in [2.45, 2.75) is 13.3 Å². The lowest BCUT2D eigenvalue weighted by Gasteiger charge is -2.13. The van der Waals surface area contributed by atoms with Crippen LogP contribution in [0.2, 0.25) is 0 Å².